The van der Waals surface area contributed by atoms with Crippen LogP contribution in [-0.4, -0.2) is 19.4 Å². The molecule has 0 aliphatic rings. The summed E-state index contributed by atoms with van der Waals surface area (Å²) in [6, 6.07) is 0. The minimum atomic E-state index is -0.350. The molecule has 0 aromatic rings. The Hall–Kier alpha value is -1.38. The van der Waals surface area contributed by atoms with Gasteiger partial charge >= 0.3 is 5.97 Å². The Morgan fingerprint density at radius 1 is 1.46 bits per heavy atom. The van der Waals surface area contributed by atoms with Gasteiger partial charge in [-0.25, -0.2) is 4.79 Å². The number of rotatable bonds is 5. The van der Waals surface area contributed by atoms with Crippen LogP contribution < -0.4 is 0 Å². The first-order chi connectivity index (χ1) is 6.20. The molecule has 3 heteroatoms. The number of allylic oxidation sites excluding steroid dienone is 3. The summed E-state index contributed by atoms with van der Waals surface area (Å²) in [5, 5.41) is 0. The lowest BCUT2D eigenvalue weighted by Crippen LogP contribution is -1.93. The average molecular weight is 182 g/mol. The van der Waals surface area contributed by atoms with Crippen LogP contribution in [0, 0.1) is 0 Å². The van der Waals surface area contributed by atoms with E-state index in [0.29, 0.717) is 0 Å². The highest BCUT2D eigenvalue weighted by molar-refractivity contribution is 5.81. The zero-order chi connectivity index (χ0) is 10.1. The zero-order valence-corrected chi connectivity index (χ0v) is 7.95. The molecule has 0 unspecified atom stereocenters. The molecule has 0 saturated carbocycles. The molecule has 0 rings (SSSR count). The smallest absolute Gasteiger partial charge is 0.330 e. The molecular weight excluding hydrogens is 168 g/mol. The van der Waals surface area contributed by atoms with Crippen molar-refractivity contribution in [3.8, 4) is 0 Å². The van der Waals surface area contributed by atoms with Gasteiger partial charge in [0.2, 0.25) is 0 Å². The van der Waals surface area contributed by atoms with Crippen molar-refractivity contribution in [2.45, 2.75) is 19.8 Å². The third kappa shape index (κ3) is 7.00. The number of esters is 1. The van der Waals surface area contributed by atoms with Crippen LogP contribution >= 0.6 is 0 Å². The Balaban J connectivity index is 3.67. The van der Waals surface area contributed by atoms with Gasteiger partial charge in [0, 0.05) is 6.08 Å². The summed E-state index contributed by atoms with van der Waals surface area (Å²) in [6.07, 6.45) is 6.92. The highest BCUT2D eigenvalue weighted by Crippen LogP contribution is 2.03. The predicted molar refractivity (Wildman–Crippen MR) is 50.2 cm³/mol. The lowest BCUT2D eigenvalue weighted by atomic mass is 10.1. The maximum absolute atomic E-state index is 10.6. The molecule has 0 atom stereocenters. The topological polar surface area (TPSA) is 43.4 Å². The van der Waals surface area contributed by atoms with Crippen molar-refractivity contribution in [3.63, 3.8) is 0 Å². The number of carbonyl (C=O) groups excluding carboxylic acids is 2. The van der Waals surface area contributed by atoms with E-state index in [2.05, 4.69) is 4.74 Å². The SMILES string of the molecule is COC(=O)/C=C/CC/C(C)=C/C=O. The van der Waals surface area contributed by atoms with E-state index in [-0.39, 0.29) is 5.97 Å². The van der Waals surface area contributed by atoms with Crippen LogP contribution in [-0.2, 0) is 14.3 Å². The van der Waals surface area contributed by atoms with Crippen molar-refractivity contribution in [2.24, 2.45) is 0 Å². The summed E-state index contributed by atoms with van der Waals surface area (Å²) in [6.45, 7) is 1.88. The molecule has 0 bridgehead atoms. The fourth-order valence-electron chi connectivity index (χ4n) is 0.758. The van der Waals surface area contributed by atoms with Crippen LogP contribution in [0.5, 0.6) is 0 Å². The van der Waals surface area contributed by atoms with Gasteiger partial charge in [0.05, 0.1) is 7.11 Å². The van der Waals surface area contributed by atoms with E-state index < -0.39 is 0 Å². The van der Waals surface area contributed by atoms with E-state index in [1.807, 2.05) is 6.92 Å². The van der Waals surface area contributed by atoms with Crippen molar-refractivity contribution in [3.05, 3.63) is 23.8 Å². The number of carbonyl (C=O) groups is 2. The fraction of sp³-hybridized carbons (Fsp3) is 0.400. The van der Waals surface area contributed by atoms with Crippen molar-refractivity contribution in [1.29, 1.82) is 0 Å². The molecule has 0 aromatic carbocycles. The first kappa shape index (κ1) is 11.6. The predicted octanol–water partition coefficient (Wildman–Crippen LogP) is 1.64. The van der Waals surface area contributed by atoms with E-state index in [0.717, 1.165) is 24.7 Å². The lowest BCUT2D eigenvalue weighted by Gasteiger charge is -1.94. The van der Waals surface area contributed by atoms with Gasteiger partial charge in [-0.3, -0.25) is 4.79 Å². The van der Waals surface area contributed by atoms with E-state index >= 15 is 0 Å². The van der Waals surface area contributed by atoms with Crippen molar-refractivity contribution >= 4 is 12.3 Å². The van der Waals surface area contributed by atoms with Gasteiger partial charge in [-0.05, 0) is 25.8 Å². The van der Waals surface area contributed by atoms with Gasteiger partial charge in [-0.2, -0.15) is 0 Å². The lowest BCUT2D eigenvalue weighted by molar-refractivity contribution is -0.134. The molecule has 0 aliphatic heterocycles. The second-order valence-electron chi connectivity index (χ2n) is 2.61. The van der Waals surface area contributed by atoms with Crippen molar-refractivity contribution < 1.29 is 14.3 Å². The molecule has 0 saturated heterocycles. The van der Waals surface area contributed by atoms with Crippen LogP contribution in [0.1, 0.15) is 19.8 Å². The van der Waals surface area contributed by atoms with Gasteiger partial charge in [-0.1, -0.05) is 11.6 Å². The summed E-state index contributed by atoms with van der Waals surface area (Å²) in [5.74, 6) is -0.350. The highest BCUT2D eigenvalue weighted by Gasteiger charge is 1.90. The largest absolute Gasteiger partial charge is 0.466 e. The fourth-order valence-corrected chi connectivity index (χ4v) is 0.758. The van der Waals surface area contributed by atoms with Gasteiger partial charge in [0.1, 0.15) is 6.29 Å². The highest BCUT2D eigenvalue weighted by atomic mass is 16.5. The quantitative estimate of drug-likeness (QED) is 0.369. The standard InChI is InChI=1S/C10H14O3/c1-9(7-8-11)5-3-4-6-10(12)13-2/h4,6-8H,3,5H2,1-2H3/b6-4+,9-7+. The number of hydrogen-bond acceptors (Lipinski definition) is 3. The van der Waals surface area contributed by atoms with Crippen LogP contribution in [0.25, 0.3) is 0 Å². The Morgan fingerprint density at radius 2 is 2.15 bits per heavy atom. The minimum Gasteiger partial charge on any atom is -0.466 e. The number of ether oxygens (including phenoxy) is 1. The number of methoxy groups -OCH3 is 1. The summed E-state index contributed by atoms with van der Waals surface area (Å²) >= 11 is 0. The first-order valence-electron chi connectivity index (χ1n) is 4.06. The van der Waals surface area contributed by atoms with Crippen LogP contribution in [0.3, 0.4) is 0 Å². The Labute approximate surface area is 78.1 Å². The summed E-state index contributed by atoms with van der Waals surface area (Å²) in [4.78, 5) is 20.6. The van der Waals surface area contributed by atoms with Crippen molar-refractivity contribution in [1.82, 2.24) is 0 Å². The summed E-state index contributed by atoms with van der Waals surface area (Å²) in [7, 11) is 1.34. The van der Waals surface area contributed by atoms with E-state index in [1.54, 1.807) is 6.08 Å². The van der Waals surface area contributed by atoms with Crippen molar-refractivity contribution in [2.75, 3.05) is 7.11 Å². The molecule has 3 nitrogen and oxygen atoms in total. The normalized spacial score (nSPS) is 11.7. The Kier molecular flexibility index (Phi) is 6.51. The van der Waals surface area contributed by atoms with E-state index in [4.69, 9.17) is 0 Å². The summed E-state index contributed by atoms with van der Waals surface area (Å²) < 4.78 is 4.41. The number of hydrogen-bond donors (Lipinski definition) is 0. The third-order valence-corrected chi connectivity index (χ3v) is 1.51. The second-order valence-corrected chi connectivity index (χ2v) is 2.61. The number of aldehydes is 1. The summed E-state index contributed by atoms with van der Waals surface area (Å²) in [5.41, 5.74) is 1.00. The molecule has 0 N–H and O–H groups in total. The molecule has 0 aliphatic carbocycles. The van der Waals surface area contributed by atoms with Crippen LogP contribution in [0.2, 0.25) is 0 Å². The molecule has 0 amide bonds. The molecule has 13 heavy (non-hydrogen) atoms. The van der Waals surface area contributed by atoms with Gasteiger partial charge in [0.25, 0.3) is 0 Å². The maximum Gasteiger partial charge on any atom is 0.330 e. The van der Waals surface area contributed by atoms with Gasteiger partial charge < -0.3 is 4.74 Å². The molecule has 0 spiro atoms. The molecule has 0 heterocycles. The molecule has 0 fully saturated rings. The second kappa shape index (κ2) is 7.28. The minimum absolute atomic E-state index is 0.350. The van der Waals surface area contributed by atoms with Gasteiger partial charge in [-0.15, -0.1) is 0 Å². The average Bonchev–Trinajstić information content (AvgIpc) is 2.12. The van der Waals surface area contributed by atoms with Crippen LogP contribution in [0.4, 0.5) is 0 Å². The van der Waals surface area contributed by atoms with E-state index in [9.17, 15) is 9.59 Å². The molecule has 72 valence electrons. The van der Waals surface area contributed by atoms with Crippen LogP contribution in [0.15, 0.2) is 23.8 Å². The van der Waals surface area contributed by atoms with E-state index in [1.165, 1.54) is 19.3 Å². The first-order valence-corrected chi connectivity index (χ1v) is 4.06. The Bertz CT molecular complexity index is 226. The third-order valence-electron chi connectivity index (χ3n) is 1.51. The molecule has 0 aromatic heterocycles. The van der Waals surface area contributed by atoms with Gasteiger partial charge in [0.15, 0.2) is 0 Å². The zero-order valence-electron chi connectivity index (χ0n) is 7.95. The Morgan fingerprint density at radius 3 is 2.69 bits per heavy atom. The monoisotopic (exact) mass is 182 g/mol. The maximum atomic E-state index is 10.6. The molecular formula is C10H14O3. The molecule has 0 radical (unpaired) electrons.